The summed E-state index contributed by atoms with van der Waals surface area (Å²) in [6.07, 6.45) is 3.72. The molecule has 0 spiro atoms. The van der Waals surface area contributed by atoms with Crippen LogP contribution < -0.4 is 0 Å². The number of hydrogen-bond acceptors (Lipinski definition) is 4. The Kier molecular flexibility index (Phi) is 5.37. The number of aliphatic hydroxyl groups excluding tert-OH is 1. The predicted molar refractivity (Wildman–Crippen MR) is 110 cm³/mol. The van der Waals surface area contributed by atoms with Crippen LogP contribution >= 0.6 is 0 Å². The zero-order chi connectivity index (χ0) is 20.2. The predicted octanol–water partition coefficient (Wildman–Crippen LogP) is 3.17. The molecular formula is C24H21N3O2. The van der Waals surface area contributed by atoms with Gasteiger partial charge >= 0.3 is 0 Å². The standard InChI is InChI=1S/C24H21N3O2/c25-15-21-24(20-8-6-18(7-9-20)19-10-12-26-13-11-19)22(16-28)27(21)23(29)14-17-4-2-1-3-5-17/h1-13,21-22,24,28H,14,16H2/t21-,22+,24+/m0/s1. The Morgan fingerprint density at radius 2 is 1.66 bits per heavy atom. The summed E-state index contributed by atoms with van der Waals surface area (Å²) in [6, 6.07) is 22.6. The Balaban J connectivity index is 1.54. The second-order valence-electron chi connectivity index (χ2n) is 7.17. The fourth-order valence-corrected chi connectivity index (χ4v) is 4.05. The zero-order valence-corrected chi connectivity index (χ0v) is 15.8. The number of likely N-dealkylation sites (tertiary alicyclic amines) is 1. The van der Waals surface area contributed by atoms with Gasteiger partial charge in [-0.05, 0) is 34.4 Å². The number of aromatic nitrogens is 1. The van der Waals surface area contributed by atoms with Crippen molar-refractivity contribution in [1.82, 2.24) is 9.88 Å². The molecule has 29 heavy (non-hydrogen) atoms. The average Bonchev–Trinajstić information content (AvgIpc) is 2.75. The number of nitrogens with zero attached hydrogens (tertiary/aromatic N) is 3. The summed E-state index contributed by atoms with van der Waals surface area (Å²) in [7, 11) is 0. The molecule has 0 aliphatic carbocycles. The number of pyridine rings is 1. The Bertz CT molecular complexity index is 1010. The summed E-state index contributed by atoms with van der Waals surface area (Å²) in [4.78, 5) is 18.4. The Hall–Kier alpha value is -3.49. The third-order valence-corrected chi connectivity index (χ3v) is 5.53. The van der Waals surface area contributed by atoms with E-state index in [-0.39, 0.29) is 30.9 Å². The van der Waals surface area contributed by atoms with Gasteiger partial charge in [0, 0.05) is 18.3 Å². The number of benzene rings is 2. The summed E-state index contributed by atoms with van der Waals surface area (Å²) >= 11 is 0. The van der Waals surface area contributed by atoms with Crippen LogP contribution in [0.2, 0.25) is 0 Å². The lowest BCUT2D eigenvalue weighted by Gasteiger charge is -2.51. The highest BCUT2D eigenvalue weighted by atomic mass is 16.3. The molecule has 1 aliphatic rings. The number of aliphatic hydroxyl groups is 1. The lowest BCUT2D eigenvalue weighted by atomic mass is 9.75. The van der Waals surface area contributed by atoms with Gasteiger partial charge < -0.3 is 10.0 Å². The first-order valence-electron chi connectivity index (χ1n) is 9.59. The highest BCUT2D eigenvalue weighted by molar-refractivity contribution is 5.81. The maximum atomic E-state index is 12.8. The normalized spacial score (nSPS) is 20.6. The summed E-state index contributed by atoms with van der Waals surface area (Å²) in [6.45, 7) is -0.171. The van der Waals surface area contributed by atoms with Gasteiger partial charge in [0.25, 0.3) is 0 Å². The third-order valence-electron chi connectivity index (χ3n) is 5.53. The molecule has 0 saturated carbocycles. The number of carbonyl (C=O) groups is 1. The molecule has 1 fully saturated rings. The van der Waals surface area contributed by atoms with Crippen LogP contribution in [0.15, 0.2) is 79.1 Å². The average molecular weight is 383 g/mol. The molecule has 5 nitrogen and oxygen atoms in total. The van der Waals surface area contributed by atoms with Gasteiger partial charge in [-0.25, -0.2) is 0 Å². The van der Waals surface area contributed by atoms with Crippen molar-refractivity contribution in [2.45, 2.75) is 24.4 Å². The van der Waals surface area contributed by atoms with E-state index in [4.69, 9.17) is 0 Å². The minimum absolute atomic E-state index is 0.133. The molecule has 2 aromatic carbocycles. The van der Waals surface area contributed by atoms with E-state index in [1.807, 2.05) is 66.7 Å². The van der Waals surface area contributed by atoms with Gasteiger partial charge in [0.1, 0.15) is 6.04 Å². The number of rotatable bonds is 5. The van der Waals surface area contributed by atoms with Crippen molar-refractivity contribution >= 4 is 5.91 Å². The topological polar surface area (TPSA) is 77.2 Å². The first-order chi connectivity index (χ1) is 14.2. The van der Waals surface area contributed by atoms with E-state index in [9.17, 15) is 15.2 Å². The van der Waals surface area contributed by atoms with Gasteiger partial charge in [-0.2, -0.15) is 5.26 Å². The van der Waals surface area contributed by atoms with Crippen LogP contribution in [0, 0.1) is 11.3 Å². The van der Waals surface area contributed by atoms with E-state index in [1.165, 1.54) is 4.90 Å². The van der Waals surface area contributed by atoms with Crippen molar-refractivity contribution in [2.24, 2.45) is 0 Å². The SMILES string of the molecule is N#C[C@H]1[C@@H](c2ccc(-c3ccncc3)cc2)[C@@H](CO)N1C(=O)Cc1ccccc1. The molecule has 1 saturated heterocycles. The molecule has 1 N–H and O–H groups in total. The van der Waals surface area contributed by atoms with Crippen LogP contribution in [0.1, 0.15) is 17.0 Å². The molecule has 4 rings (SSSR count). The second kappa shape index (κ2) is 8.26. The molecule has 0 radical (unpaired) electrons. The molecule has 0 unspecified atom stereocenters. The van der Waals surface area contributed by atoms with Crippen molar-refractivity contribution in [3.63, 3.8) is 0 Å². The second-order valence-corrected chi connectivity index (χ2v) is 7.17. The van der Waals surface area contributed by atoms with Crippen LogP contribution in [-0.4, -0.2) is 39.6 Å². The van der Waals surface area contributed by atoms with E-state index in [2.05, 4.69) is 11.1 Å². The number of nitriles is 1. The third kappa shape index (κ3) is 3.63. The van der Waals surface area contributed by atoms with E-state index in [1.54, 1.807) is 12.4 Å². The zero-order valence-electron chi connectivity index (χ0n) is 15.8. The van der Waals surface area contributed by atoms with Crippen molar-refractivity contribution in [2.75, 3.05) is 6.61 Å². The molecule has 144 valence electrons. The fourth-order valence-electron chi connectivity index (χ4n) is 4.05. The first-order valence-corrected chi connectivity index (χ1v) is 9.59. The molecule has 5 heteroatoms. The molecule has 3 atom stereocenters. The Morgan fingerprint density at radius 1 is 1.00 bits per heavy atom. The molecule has 0 bridgehead atoms. The lowest BCUT2D eigenvalue weighted by Crippen LogP contribution is -2.65. The van der Waals surface area contributed by atoms with Crippen LogP contribution in [0.25, 0.3) is 11.1 Å². The van der Waals surface area contributed by atoms with E-state index < -0.39 is 6.04 Å². The van der Waals surface area contributed by atoms with Crippen molar-refractivity contribution in [1.29, 1.82) is 5.26 Å². The lowest BCUT2D eigenvalue weighted by molar-refractivity contribution is -0.146. The highest BCUT2D eigenvalue weighted by Crippen LogP contribution is 2.41. The van der Waals surface area contributed by atoms with Crippen molar-refractivity contribution < 1.29 is 9.90 Å². The Labute approximate surface area is 169 Å². The van der Waals surface area contributed by atoms with Crippen LogP contribution in [-0.2, 0) is 11.2 Å². The van der Waals surface area contributed by atoms with Crippen LogP contribution in [0.3, 0.4) is 0 Å². The Morgan fingerprint density at radius 3 is 2.28 bits per heavy atom. The summed E-state index contributed by atoms with van der Waals surface area (Å²) in [5.41, 5.74) is 3.98. The van der Waals surface area contributed by atoms with E-state index in [0.717, 1.165) is 22.3 Å². The molecule has 3 aromatic rings. The highest BCUT2D eigenvalue weighted by Gasteiger charge is 2.51. The summed E-state index contributed by atoms with van der Waals surface area (Å²) in [5.74, 6) is -0.331. The van der Waals surface area contributed by atoms with Crippen molar-refractivity contribution in [3.05, 3.63) is 90.3 Å². The largest absolute Gasteiger partial charge is 0.394 e. The molecular weight excluding hydrogens is 362 g/mol. The maximum Gasteiger partial charge on any atom is 0.228 e. The van der Waals surface area contributed by atoms with Gasteiger partial charge in [0.05, 0.1) is 25.1 Å². The van der Waals surface area contributed by atoms with Gasteiger partial charge in [0.2, 0.25) is 5.91 Å². The molecule has 1 aromatic heterocycles. The minimum atomic E-state index is -0.574. The molecule has 2 heterocycles. The molecule has 1 amide bonds. The van der Waals surface area contributed by atoms with Gasteiger partial charge in [-0.3, -0.25) is 9.78 Å². The maximum absolute atomic E-state index is 12.8. The van der Waals surface area contributed by atoms with Crippen LogP contribution in [0.4, 0.5) is 0 Å². The number of amides is 1. The van der Waals surface area contributed by atoms with E-state index >= 15 is 0 Å². The van der Waals surface area contributed by atoms with E-state index in [0.29, 0.717) is 0 Å². The van der Waals surface area contributed by atoms with Gasteiger partial charge in [0.15, 0.2) is 0 Å². The van der Waals surface area contributed by atoms with Gasteiger partial charge in [-0.1, -0.05) is 54.6 Å². The monoisotopic (exact) mass is 383 g/mol. The fraction of sp³-hybridized carbons (Fsp3) is 0.208. The van der Waals surface area contributed by atoms with Crippen LogP contribution in [0.5, 0.6) is 0 Å². The summed E-state index contributed by atoms with van der Waals surface area (Å²) in [5, 5.41) is 19.7. The number of hydrogen-bond donors (Lipinski definition) is 1. The smallest absolute Gasteiger partial charge is 0.228 e. The van der Waals surface area contributed by atoms with Crippen molar-refractivity contribution in [3.8, 4) is 17.2 Å². The molecule has 1 aliphatic heterocycles. The quantitative estimate of drug-likeness (QED) is 0.734. The first kappa shape index (κ1) is 18.9. The number of carbonyl (C=O) groups excluding carboxylic acids is 1. The minimum Gasteiger partial charge on any atom is -0.394 e. The summed E-state index contributed by atoms with van der Waals surface area (Å²) < 4.78 is 0. The van der Waals surface area contributed by atoms with Gasteiger partial charge in [-0.15, -0.1) is 0 Å².